The van der Waals surface area contributed by atoms with Gasteiger partial charge in [0.2, 0.25) is 0 Å². The van der Waals surface area contributed by atoms with Crippen molar-refractivity contribution in [1.82, 2.24) is 0 Å². The normalized spacial score (nSPS) is 23.7. The highest BCUT2D eigenvalue weighted by molar-refractivity contribution is 5.68. The first-order chi connectivity index (χ1) is 7.33. The van der Waals surface area contributed by atoms with Gasteiger partial charge in [0.15, 0.2) is 0 Å². The highest BCUT2D eigenvalue weighted by Gasteiger charge is 2.23. The van der Waals surface area contributed by atoms with Crippen molar-refractivity contribution in [1.29, 1.82) is 0 Å². The fourth-order valence-electron chi connectivity index (χ4n) is 1.51. The van der Waals surface area contributed by atoms with Crippen molar-refractivity contribution in [2.45, 2.75) is 58.0 Å². The first-order valence-electron chi connectivity index (χ1n) is 6.10. The van der Waals surface area contributed by atoms with E-state index in [1.54, 1.807) is 6.92 Å². The number of esters is 1. The van der Waals surface area contributed by atoms with Gasteiger partial charge in [-0.2, -0.15) is 0 Å². The van der Waals surface area contributed by atoms with Gasteiger partial charge in [-0.1, -0.05) is 45.4 Å². The van der Waals surface area contributed by atoms with Gasteiger partial charge in [0.05, 0.1) is 6.61 Å². The van der Waals surface area contributed by atoms with Crippen LogP contribution < -0.4 is 0 Å². The summed E-state index contributed by atoms with van der Waals surface area (Å²) in [7, 11) is 0. The quantitative estimate of drug-likeness (QED) is 0.535. The van der Waals surface area contributed by atoms with Crippen LogP contribution in [0, 0.1) is 0 Å². The topological polar surface area (TPSA) is 38.8 Å². The third-order valence-electron chi connectivity index (χ3n) is 2.62. The molecule has 1 saturated carbocycles. The van der Waals surface area contributed by atoms with Crippen molar-refractivity contribution in [3.63, 3.8) is 0 Å². The van der Waals surface area contributed by atoms with Crippen LogP contribution in [0.3, 0.4) is 0 Å². The second-order valence-corrected chi connectivity index (χ2v) is 4.11. The second-order valence-electron chi connectivity index (χ2n) is 4.11. The standard InChI is InChI=1S/C6H10O3.C6H12/c1-2-6(7)9-4-5-3-8-5;1-2-4-6-5-3-1/h5H,2-4H2,1H3;1-6H2. The summed E-state index contributed by atoms with van der Waals surface area (Å²) in [5, 5.41) is 0. The number of epoxide rings is 1. The molecule has 0 amide bonds. The van der Waals surface area contributed by atoms with E-state index in [1.807, 2.05) is 0 Å². The van der Waals surface area contributed by atoms with E-state index in [0.717, 1.165) is 6.61 Å². The van der Waals surface area contributed by atoms with E-state index >= 15 is 0 Å². The predicted molar refractivity (Wildman–Crippen MR) is 58.7 cm³/mol. The van der Waals surface area contributed by atoms with Gasteiger partial charge >= 0.3 is 5.97 Å². The molecule has 0 aromatic rings. The maximum atomic E-state index is 10.5. The van der Waals surface area contributed by atoms with E-state index in [0.29, 0.717) is 13.0 Å². The lowest BCUT2D eigenvalue weighted by Gasteiger charge is -2.05. The number of hydrogen-bond acceptors (Lipinski definition) is 3. The average Bonchev–Trinajstić information content (AvgIpc) is 3.13. The Labute approximate surface area is 92.1 Å². The van der Waals surface area contributed by atoms with Crippen molar-refractivity contribution >= 4 is 5.97 Å². The fraction of sp³-hybridized carbons (Fsp3) is 0.917. The predicted octanol–water partition coefficient (Wildman–Crippen LogP) is 2.68. The summed E-state index contributed by atoms with van der Waals surface area (Å²) >= 11 is 0. The first kappa shape index (κ1) is 12.5. The molecule has 1 atom stereocenters. The monoisotopic (exact) mass is 214 g/mol. The summed E-state index contributed by atoms with van der Waals surface area (Å²) in [6.45, 7) is 2.96. The molecule has 3 heteroatoms. The van der Waals surface area contributed by atoms with Gasteiger partial charge in [-0.05, 0) is 0 Å². The molecule has 2 aliphatic rings. The molecule has 1 aliphatic heterocycles. The number of hydrogen-bond donors (Lipinski definition) is 0. The smallest absolute Gasteiger partial charge is 0.305 e. The Morgan fingerprint density at radius 3 is 2.00 bits per heavy atom. The third kappa shape index (κ3) is 7.37. The molecule has 0 spiro atoms. The van der Waals surface area contributed by atoms with Crippen LogP contribution in [0.5, 0.6) is 0 Å². The maximum Gasteiger partial charge on any atom is 0.305 e. The Balaban J connectivity index is 0.000000162. The van der Waals surface area contributed by atoms with Crippen LogP contribution in [-0.2, 0) is 14.3 Å². The lowest BCUT2D eigenvalue weighted by Crippen LogP contribution is -2.07. The highest BCUT2D eigenvalue weighted by Crippen LogP contribution is 2.15. The molecular formula is C12H22O3. The molecule has 2 fully saturated rings. The lowest BCUT2D eigenvalue weighted by molar-refractivity contribution is -0.143. The van der Waals surface area contributed by atoms with Crippen LogP contribution in [0.4, 0.5) is 0 Å². The fourth-order valence-corrected chi connectivity index (χ4v) is 1.51. The van der Waals surface area contributed by atoms with Crippen LogP contribution >= 0.6 is 0 Å². The van der Waals surface area contributed by atoms with Crippen molar-refractivity contribution in [3.05, 3.63) is 0 Å². The molecule has 0 bridgehead atoms. The Kier molecular flexibility index (Phi) is 6.41. The largest absolute Gasteiger partial charge is 0.463 e. The van der Waals surface area contributed by atoms with E-state index in [4.69, 9.17) is 9.47 Å². The second kappa shape index (κ2) is 7.69. The molecule has 1 saturated heterocycles. The minimum atomic E-state index is -0.148. The minimum Gasteiger partial charge on any atom is -0.463 e. The van der Waals surface area contributed by atoms with Crippen molar-refractivity contribution < 1.29 is 14.3 Å². The van der Waals surface area contributed by atoms with Crippen LogP contribution in [0.1, 0.15) is 51.9 Å². The van der Waals surface area contributed by atoms with Gasteiger partial charge in [0.25, 0.3) is 0 Å². The Morgan fingerprint density at radius 1 is 1.20 bits per heavy atom. The summed E-state index contributed by atoms with van der Waals surface area (Å²) in [4.78, 5) is 10.5. The zero-order valence-electron chi connectivity index (χ0n) is 9.67. The first-order valence-corrected chi connectivity index (χ1v) is 6.10. The Morgan fingerprint density at radius 2 is 1.67 bits per heavy atom. The number of ether oxygens (including phenoxy) is 2. The van der Waals surface area contributed by atoms with E-state index in [1.165, 1.54) is 38.5 Å². The van der Waals surface area contributed by atoms with Crippen molar-refractivity contribution in [2.24, 2.45) is 0 Å². The van der Waals surface area contributed by atoms with Crippen LogP contribution in [0.2, 0.25) is 0 Å². The molecule has 0 aromatic carbocycles. The minimum absolute atomic E-state index is 0.148. The van der Waals surface area contributed by atoms with Crippen molar-refractivity contribution in [2.75, 3.05) is 13.2 Å². The molecule has 3 nitrogen and oxygen atoms in total. The van der Waals surface area contributed by atoms with Crippen LogP contribution in [-0.4, -0.2) is 25.3 Å². The molecule has 15 heavy (non-hydrogen) atoms. The number of rotatable bonds is 3. The molecule has 2 rings (SSSR count). The molecular weight excluding hydrogens is 192 g/mol. The SMILES string of the molecule is C1CCCCC1.CCC(=O)OCC1CO1. The van der Waals surface area contributed by atoms with E-state index < -0.39 is 0 Å². The number of carbonyl (C=O) groups excluding carboxylic acids is 1. The van der Waals surface area contributed by atoms with Crippen LogP contribution in [0.25, 0.3) is 0 Å². The molecule has 0 radical (unpaired) electrons. The summed E-state index contributed by atoms with van der Waals surface area (Å²) in [6, 6.07) is 0. The summed E-state index contributed by atoms with van der Waals surface area (Å²) in [6.07, 6.45) is 9.65. The van der Waals surface area contributed by atoms with E-state index in [9.17, 15) is 4.79 Å². The van der Waals surface area contributed by atoms with Gasteiger partial charge in [-0.15, -0.1) is 0 Å². The Bertz CT molecular complexity index is 160. The molecule has 0 N–H and O–H groups in total. The molecule has 88 valence electrons. The zero-order valence-corrected chi connectivity index (χ0v) is 9.67. The van der Waals surface area contributed by atoms with Gasteiger partial charge in [-0.25, -0.2) is 0 Å². The third-order valence-corrected chi connectivity index (χ3v) is 2.62. The Hall–Kier alpha value is -0.570. The zero-order chi connectivity index (χ0) is 10.9. The summed E-state index contributed by atoms with van der Waals surface area (Å²) in [5.74, 6) is -0.148. The van der Waals surface area contributed by atoms with Gasteiger partial charge in [0.1, 0.15) is 12.7 Å². The highest BCUT2D eigenvalue weighted by atomic mass is 16.6. The van der Waals surface area contributed by atoms with Gasteiger partial charge < -0.3 is 9.47 Å². The van der Waals surface area contributed by atoms with E-state index in [-0.39, 0.29) is 12.1 Å². The van der Waals surface area contributed by atoms with Gasteiger partial charge in [-0.3, -0.25) is 4.79 Å². The molecule has 0 aromatic heterocycles. The molecule has 1 heterocycles. The van der Waals surface area contributed by atoms with Gasteiger partial charge in [0, 0.05) is 6.42 Å². The molecule has 1 unspecified atom stereocenters. The van der Waals surface area contributed by atoms with Crippen molar-refractivity contribution in [3.8, 4) is 0 Å². The average molecular weight is 214 g/mol. The lowest BCUT2D eigenvalue weighted by atomic mass is 10.0. The summed E-state index contributed by atoms with van der Waals surface area (Å²) < 4.78 is 9.58. The van der Waals surface area contributed by atoms with Crippen LogP contribution in [0.15, 0.2) is 0 Å². The molecule has 1 aliphatic carbocycles. The number of carbonyl (C=O) groups is 1. The summed E-state index contributed by atoms with van der Waals surface area (Å²) in [5.41, 5.74) is 0. The maximum absolute atomic E-state index is 10.5. The van der Waals surface area contributed by atoms with E-state index in [2.05, 4.69) is 0 Å².